The second-order valence-electron chi connectivity index (χ2n) is 2.85. The van der Waals surface area contributed by atoms with E-state index in [0.29, 0.717) is 0 Å². The van der Waals surface area contributed by atoms with Gasteiger partial charge in [-0.15, -0.1) is 10.2 Å². The van der Waals surface area contributed by atoms with Crippen LogP contribution in [0.3, 0.4) is 0 Å². The van der Waals surface area contributed by atoms with Crippen LogP contribution in [0.1, 0.15) is 18.9 Å². The molecule has 0 saturated heterocycles. The first kappa shape index (κ1) is 12.6. The van der Waals surface area contributed by atoms with E-state index < -0.39 is 0 Å². The van der Waals surface area contributed by atoms with Gasteiger partial charge in [-0.1, -0.05) is 25.2 Å². The smallest absolute Gasteiger partial charge is 0.147 e. The molecule has 0 aliphatic rings. The minimum Gasteiger partial charge on any atom is -0.497 e. The Morgan fingerprint density at radius 1 is 1.06 bits per heavy atom. The van der Waals surface area contributed by atoms with Gasteiger partial charge in [0.1, 0.15) is 15.8 Å². The lowest BCUT2D eigenvalue weighted by Gasteiger charge is -1.99. The SMILES string of the molecule is CC.COc1ccc(-c2nnc(C)s2)cc1. The molecule has 0 unspecified atom stereocenters. The molecule has 86 valence electrons. The summed E-state index contributed by atoms with van der Waals surface area (Å²) in [4.78, 5) is 0. The average molecular weight is 236 g/mol. The third kappa shape index (κ3) is 3.03. The number of hydrogen-bond donors (Lipinski definition) is 0. The van der Waals surface area contributed by atoms with E-state index >= 15 is 0 Å². The van der Waals surface area contributed by atoms with Crippen molar-refractivity contribution in [2.24, 2.45) is 0 Å². The first-order valence-corrected chi connectivity index (χ1v) is 6.06. The Kier molecular flexibility index (Phi) is 4.92. The highest BCUT2D eigenvalue weighted by Crippen LogP contribution is 2.24. The third-order valence-corrected chi connectivity index (χ3v) is 2.75. The number of benzene rings is 1. The minimum absolute atomic E-state index is 0.856. The summed E-state index contributed by atoms with van der Waals surface area (Å²) in [7, 11) is 1.66. The standard InChI is InChI=1S/C10H10N2OS.C2H6/c1-7-11-12-10(14-7)8-3-5-9(13-2)6-4-8;1-2/h3-6H,1-2H3;1-2H3. The summed E-state index contributed by atoms with van der Waals surface area (Å²) in [5.74, 6) is 0.856. The van der Waals surface area contributed by atoms with Crippen LogP contribution < -0.4 is 4.74 Å². The van der Waals surface area contributed by atoms with Gasteiger partial charge in [-0.05, 0) is 31.2 Å². The normalized spacial score (nSPS) is 9.25. The highest BCUT2D eigenvalue weighted by molar-refractivity contribution is 7.14. The van der Waals surface area contributed by atoms with Gasteiger partial charge >= 0.3 is 0 Å². The Bertz CT molecular complexity index is 423. The molecule has 1 aromatic carbocycles. The fraction of sp³-hybridized carbons (Fsp3) is 0.333. The van der Waals surface area contributed by atoms with E-state index in [4.69, 9.17) is 4.74 Å². The van der Waals surface area contributed by atoms with Crippen LogP contribution >= 0.6 is 11.3 Å². The molecule has 1 heterocycles. The van der Waals surface area contributed by atoms with Gasteiger partial charge in [0.15, 0.2) is 0 Å². The Balaban J connectivity index is 0.000000606. The summed E-state index contributed by atoms with van der Waals surface area (Å²) in [6, 6.07) is 7.82. The number of methoxy groups -OCH3 is 1. The molecule has 0 amide bonds. The van der Waals surface area contributed by atoms with Crippen molar-refractivity contribution in [3.63, 3.8) is 0 Å². The highest BCUT2D eigenvalue weighted by atomic mass is 32.1. The first-order valence-electron chi connectivity index (χ1n) is 5.24. The Morgan fingerprint density at radius 2 is 1.69 bits per heavy atom. The topological polar surface area (TPSA) is 35.0 Å². The van der Waals surface area contributed by atoms with Gasteiger partial charge in [0.05, 0.1) is 7.11 Å². The van der Waals surface area contributed by atoms with Crippen LogP contribution in [0.4, 0.5) is 0 Å². The van der Waals surface area contributed by atoms with Crippen LogP contribution in [0.25, 0.3) is 10.6 Å². The zero-order valence-electron chi connectivity index (χ0n) is 10.0. The first-order chi connectivity index (χ1) is 7.79. The van der Waals surface area contributed by atoms with E-state index in [1.54, 1.807) is 18.4 Å². The molecule has 0 spiro atoms. The van der Waals surface area contributed by atoms with Crippen molar-refractivity contribution < 1.29 is 4.74 Å². The number of ether oxygens (including phenoxy) is 1. The van der Waals surface area contributed by atoms with E-state index in [2.05, 4.69) is 10.2 Å². The van der Waals surface area contributed by atoms with Crippen LogP contribution in [0.5, 0.6) is 5.75 Å². The molecule has 0 fully saturated rings. The molecule has 0 bridgehead atoms. The van der Waals surface area contributed by atoms with E-state index in [1.807, 2.05) is 45.0 Å². The Hall–Kier alpha value is -1.42. The molecule has 16 heavy (non-hydrogen) atoms. The molecule has 0 radical (unpaired) electrons. The second-order valence-corrected chi connectivity index (χ2v) is 4.04. The van der Waals surface area contributed by atoms with Gasteiger partial charge in [0.25, 0.3) is 0 Å². The van der Waals surface area contributed by atoms with Crippen molar-refractivity contribution in [1.82, 2.24) is 10.2 Å². The predicted octanol–water partition coefficient (Wildman–Crippen LogP) is 3.55. The monoisotopic (exact) mass is 236 g/mol. The van der Waals surface area contributed by atoms with E-state index in [-0.39, 0.29) is 0 Å². The average Bonchev–Trinajstić information content (AvgIpc) is 2.79. The summed E-state index contributed by atoms with van der Waals surface area (Å²) < 4.78 is 5.08. The van der Waals surface area contributed by atoms with Crippen LogP contribution in [-0.4, -0.2) is 17.3 Å². The molecule has 2 aromatic rings. The third-order valence-electron chi connectivity index (χ3n) is 1.86. The van der Waals surface area contributed by atoms with Crippen LogP contribution in [-0.2, 0) is 0 Å². The number of aryl methyl sites for hydroxylation is 1. The number of nitrogens with zero attached hydrogens (tertiary/aromatic N) is 2. The van der Waals surface area contributed by atoms with Crippen LogP contribution in [0, 0.1) is 6.92 Å². The fourth-order valence-corrected chi connectivity index (χ4v) is 1.84. The van der Waals surface area contributed by atoms with Gasteiger partial charge in [0, 0.05) is 5.56 Å². The van der Waals surface area contributed by atoms with Crippen molar-refractivity contribution in [3.05, 3.63) is 29.3 Å². The van der Waals surface area contributed by atoms with Gasteiger partial charge in [-0.25, -0.2) is 0 Å². The zero-order chi connectivity index (χ0) is 12.0. The predicted molar refractivity (Wildman–Crippen MR) is 68.0 cm³/mol. The van der Waals surface area contributed by atoms with Crippen LogP contribution in [0.2, 0.25) is 0 Å². The van der Waals surface area contributed by atoms with Crippen molar-refractivity contribution in [2.75, 3.05) is 7.11 Å². The molecule has 3 nitrogen and oxygen atoms in total. The lowest BCUT2D eigenvalue weighted by atomic mass is 10.2. The molecule has 4 heteroatoms. The highest BCUT2D eigenvalue weighted by Gasteiger charge is 2.03. The molecule has 0 saturated carbocycles. The molecule has 2 rings (SSSR count). The number of hydrogen-bond acceptors (Lipinski definition) is 4. The molecule has 0 aliphatic heterocycles. The summed E-state index contributed by atoms with van der Waals surface area (Å²) in [5.41, 5.74) is 1.08. The second kappa shape index (κ2) is 6.23. The van der Waals surface area contributed by atoms with Crippen molar-refractivity contribution >= 4 is 11.3 Å². The lowest BCUT2D eigenvalue weighted by molar-refractivity contribution is 0.415. The molecule has 0 aliphatic carbocycles. The lowest BCUT2D eigenvalue weighted by Crippen LogP contribution is -1.82. The van der Waals surface area contributed by atoms with E-state index in [0.717, 1.165) is 21.3 Å². The van der Waals surface area contributed by atoms with Crippen molar-refractivity contribution in [2.45, 2.75) is 20.8 Å². The maximum atomic E-state index is 5.08. The molecule has 0 atom stereocenters. The van der Waals surface area contributed by atoms with Crippen LogP contribution in [0.15, 0.2) is 24.3 Å². The van der Waals surface area contributed by atoms with Gasteiger partial charge in [-0.3, -0.25) is 0 Å². The van der Waals surface area contributed by atoms with Gasteiger partial charge in [-0.2, -0.15) is 0 Å². The Labute approximate surface area is 100 Å². The maximum Gasteiger partial charge on any atom is 0.147 e. The summed E-state index contributed by atoms with van der Waals surface area (Å²) in [6.45, 7) is 5.95. The summed E-state index contributed by atoms with van der Waals surface area (Å²) in [5, 5.41) is 9.97. The Morgan fingerprint density at radius 3 is 2.12 bits per heavy atom. The van der Waals surface area contributed by atoms with Crippen molar-refractivity contribution in [1.29, 1.82) is 0 Å². The molecule has 1 aromatic heterocycles. The largest absolute Gasteiger partial charge is 0.497 e. The summed E-state index contributed by atoms with van der Waals surface area (Å²) in [6.07, 6.45) is 0. The summed E-state index contributed by atoms with van der Waals surface area (Å²) >= 11 is 1.59. The number of aromatic nitrogens is 2. The zero-order valence-corrected chi connectivity index (χ0v) is 10.8. The maximum absolute atomic E-state index is 5.08. The van der Waals surface area contributed by atoms with Gasteiger partial charge < -0.3 is 4.74 Å². The van der Waals surface area contributed by atoms with E-state index in [9.17, 15) is 0 Å². The molecular formula is C12H16N2OS. The molecule has 0 N–H and O–H groups in total. The fourth-order valence-electron chi connectivity index (χ4n) is 1.15. The van der Waals surface area contributed by atoms with Gasteiger partial charge in [0.2, 0.25) is 0 Å². The van der Waals surface area contributed by atoms with Crippen molar-refractivity contribution in [3.8, 4) is 16.3 Å². The molecular weight excluding hydrogens is 220 g/mol. The number of rotatable bonds is 2. The quantitative estimate of drug-likeness (QED) is 0.799. The van der Waals surface area contributed by atoms with E-state index in [1.165, 1.54) is 0 Å². The minimum atomic E-state index is 0.856.